The molecule has 0 saturated carbocycles. The van der Waals surface area contributed by atoms with Gasteiger partial charge in [-0.1, -0.05) is 18.2 Å². The molecule has 0 spiro atoms. The SMILES string of the molecule is Cl.NC(=NCC(=O)O)Nc1ccccc1. The van der Waals surface area contributed by atoms with Crippen LogP contribution in [0.15, 0.2) is 35.3 Å². The molecular formula is C9H12ClN3O2. The first-order chi connectivity index (χ1) is 6.68. The number of hydrogen-bond acceptors (Lipinski definition) is 2. The summed E-state index contributed by atoms with van der Waals surface area (Å²) >= 11 is 0. The van der Waals surface area contributed by atoms with Gasteiger partial charge in [0.05, 0.1) is 0 Å². The minimum absolute atomic E-state index is 0. The molecule has 4 N–H and O–H groups in total. The lowest BCUT2D eigenvalue weighted by atomic mass is 10.3. The van der Waals surface area contributed by atoms with Crippen molar-refractivity contribution in [3.8, 4) is 0 Å². The third-order valence-corrected chi connectivity index (χ3v) is 1.43. The van der Waals surface area contributed by atoms with Crippen LogP contribution in [-0.2, 0) is 4.79 Å². The molecule has 5 nitrogen and oxygen atoms in total. The number of guanidine groups is 1. The lowest BCUT2D eigenvalue weighted by Crippen LogP contribution is -2.23. The number of rotatable bonds is 3. The highest BCUT2D eigenvalue weighted by atomic mass is 35.5. The summed E-state index contributed by atoms with van der Waals surface area (Å²) < 4.78 is 0. The van der Waals surface area contributed by atoms with Crippen LogP contribution >= 0.6 is 12.4 Å². The number of nitrogens with one attached hydrogen (secondary N) is 1. The summed E-state index contributed by atoms with van der Waals surface area (Å²) in [6, 6.07) is 9.17. The lowest BCUT2D eigenvalue weighted by molar-refractivity contribution is -0.135. The zero-order chi connectivity index (χ0) is 10.4. The number of nitrogens with zero attached hydrogens (tertiary/aromatic N) is 1. The highest BCUT2D eigenvalue weighted by Gasteiger charge is 1.96. The number of para-hydroxylation sites is 1. The van der Waals surface area contributed by atoms with Crippen molar-refractivity contribution in [1.29, 1.82) is 0 Å². The van der Waals surface area contributed by atoms with Gasteiger partial charge in [-0.25, -0.2) is 4.99 Å². The summed E-state index contributed by atoms with van der Waals surface area (Å²) in [5.74, 6) is -0.915. The van der Waals surface area contributed by atoms with Crippen LogP contribution in [0.1, 0.15) is 0 Å². The van der Waals surface area contributed by atoms with Gasteiger partial charge >= 0.3 is 5.97 Å². The molecule has 0 aliphatic rings. The molecule has 1 rings (SSSR count). The van der Waals surface area contributed by atoms with Gasteiger partial charge in [-0.2, -0.15) is 0 Å². The molecule has 82 valence electrons. The van der Waals surface area contributed by atoms with Crippen molar-refractivity contribution in [2.24, 2.45) is 10.7 Å². The number of carboxylic acid groups (broad SMARTS) is 1. The molecule has 1 aromatic rings. The number of nitrogens with two attached hydrogens (primary N) is 1. The molecule has 0 aliphatic carbocycles. The van der Waals surface area contributed by atoms with Gasteiger partial charge in [0.15, 0.2) is 5.96 Å². The Bertz CT molecular complexity index is 340. The summed E-state index contributed by atoms with van der Waals surface area (Å²) in [6.07, 6.45) is 0. The van der Waals surface area contributed by atoms with Gasteiger partial charge in [-0.15, -0.1) is 12.4 Å². The van der Waals surface area contributed by atoms with Crippen molar-refractivity contribution >= 4 is 30.0 Å². The summed E-state index contributed by atoms with van der Waals surface area (Å²) in [4.78, 5) is 13.8. The molecule has 0 aliphatic heterocycles. The van der Waals surface area contributed by atoms with E-state index in [2.05, 4.69) is 10.3 Å². The van der Waals surface area contributed by atoms with E-state index < -0.39 is 5.97 Å². The minimum atomic E-state index is -1.01. The Balaban J connectivity index is 0.00000196. The van der Waals surface area contributed by atoms with E-state index in [0.29, 0.717) is 0 Å². The fourth-order valence-corrected chi connectivity index (χ4v) is 0.862. The van der Waals surface area contributed by atoms with Gasteiger partial charge in [-0.05, 0) is 12.1 Å². The molecule has 6 heteroatoms. The van der Waals surface area contributed by atoms with E-state index in [1.165, 1.54) is 0 Å². The monoisotopic (exact) mass is 229 g/mol. The molecule has 0 saturated heterocycles. The van der Waals surface area contributed by atoms with Crippen LogP contribution in [0, 0.1) is 0 Å². The van der Waals surface area contributed by atoms with Gasteiger partial charge in [-0.3, -0.25) is 4.79 Å². The molecule has 0 bridgehead atoms. The summed E-state index contributed by atoms with van der Waals surface area (Å²) in [5, 5.41) is 11.1. The minimum Gasteiger partial charge on any atom is -0.480 e. The Hall–Kier alpha value is -1.75. The summed E-state index contributed by atoms with van der Waals surface area (Å²) in [7, 11) is 0. The number of anilines is 1. The topological polar surface area (TPSA) is 87.7 Å². The van der Waals surface area contributed by atoms with E-state index in [0.717, 1.165) is 5.69 Å². The van der Waals surface area contributed by atoms with Crippen LogP contribution in [0.5, 0.6) is 0 Å². The molecule has 15 heavy (non-hydrogen) atoms. The first kappa shape index (κ1) is 13.2. The Morgan fingerprint density at radius 3 is 2.53 bits per heavy atom. The van der Waals surface area contributed by atoms with Crippen LogP contribution in [0.25, 0.3) is 0 Å². The zero-order valence-corrected chi connectivity index (χ0v) is 8.70. The largest absolute Gasteiger partial charge is 0.480 e. The van der Waals surface area contributed by atoms with Gasteiger partial charge in [0.25, 0.3) is 0 Å². The number of hydrogen-bond donors (Lipinski definition) is 3. The Kier molecular flexibility index (Phi) is 5.89. The zero-order valence-electron chi connectivity index (χ0n) is 7.88. The van der Waals surface area contributed by atoms with Gasteiger partial charge in [0, 0.05) is 5.69 Å². The second-order valence-corrected chi connectivity index (χ2v) is 2.59. The first-order valence-electron chi connectivity index (χ1n) is 4.02. The van der Waals surface area contributed by atoms with Crippen molar-refractivity contribution in [3.63, 3.8) is 0 Å². The molecule has 0 radical (unpaired) electrons. The van der Waals surface area contributed by atoms with Crippen molar-refractivity contribution in [2.75, 3.05) is 11.9 Å². The number of aliphatic imine (C=N–C) groups is 1. The van der Waals surface area contributed by atoms with Crippen molar-refractivity contribution < 1.29 is 9.90 Å². The van der Waals surface area contributed by atoms with Gasteiger partial charge in [0.2, 0.25) is 0 Å². The van der Waals surface area contributed by atoms with E-state index in [1.807, 2.05) is 30.3 Å². The maximum atomic E-state index is 10.2. The first-order valence-corrected chi connectivity index (χ1v) is 4.02. The van der Waals surface area contributed by atoms with Crippen LogP contribution in [-0.4, -0.2) is 23.6 Å². The molecule has 0 atom stereocenters. The van der Waals surface area contributed by atoms with E-state index in [9.17, 15) is 4.79 Å². The van der Waals surface area contributed by atoms with Crippen molar-refractivity contribution in [1.82, 2.24) is 0 Å². The third-order valence-electron chi connectivity index (χ3n) is 1.43. The van der Waals surface area contributed by atoms with Crippen LogP contribution in [0.2, 0.25) is 0 Å². The van der Waals surface area contributed by atoms with E-state index in [-0.39, 0.29) is 24.9 Å². The number of halogens is 1. The van der Waals surface area contributed by atoms with Gasteiger partial charge < -0.3 is 16.2 Å². The maximum Gasteiger partial charge on any atom is 0.325 e. The van der Waals surface area contributed by atoms with E-state index in [4.69, 9.17) is 10.8 Å². The number of benzene rings is 1. The smallest absolute Gasteiger partial charge is 0.325 e. The average molecular weight is 230 g/mol. The number of carbonyl (C=O) groups is 1. The number of aliphatic carboxylic acids is 1. The third kappa shape index (κ3) is 5.53. The standard InChI is InChI=1S/C9H11N3O2.ClH/c10-9(11-6-8(13)14)12-7-4-2-1-3-5-7;/h1-5H,6H2,(H,13,14)(H3,10,11,12);1H. The lowest BCUT2D eigenvalue weighted by Gasteiger charge is -2.03. The van der Waals surface area contributed by atoms with Crippen molar-refractivity contribution in [2.45, 2.75) is 0 Å². The average Bonchev–Trinajstić information content (AvgIpc) is 2.16. The Morgan fingerprint density at radius 1 is 1.40 bits per heavy atom. The van der Waals surface area contributed by atoms with Crippen molar-refractivity contribution in [3.05, 3.63) is 30.3 Å². The molecule has 0 aromatic heterocycles. The Labute approximate surface area is 93.4 Å². The molecular weight excluding hydrogens is 218 g/mol. The molecule has 1 aromatic carbocycles. The predicted molar refractivity (Wildman–Crippen MR) is 61.4 cm³/mol. The maximum absolute atomic E-state index is 10.2. The quantitative estimate of drug-likeness (QED) is 0.531. The fraction of sp³-hybridized carbons (Fsp3) is 0.111. The van der Waals surface area contributed by atoms with Gasteiger partial charge in [0.1, 0.15) is 6.54 Å². The van der Waals surface area contributed by atoms with E-state index >= 15 is 0 Å². The van der Waals surface area contributed by atoms with Crippen LogP contribution < -0.4 is 11.1 Å². The van der Waals surface area contributed by atoms with Crippen LogP contribution in [0.4, 0.5) is 5.69 Å². The molecule has 0 fully saturated rings. The number of carboxylic acids is 1. The fourth-order valence-electron chi connectivity index (χ4n) is 0.862. The predicted octanol–water partition coefficient (Wildman–Crippen LogP) is 0.920. The molecule has 0 unspecified atom stereocenters. The summed E-state index contributed by atoms with van der Waals surface area (Å²) in [5.41, 5.74) is 6.21. The Morgan fingerprint density at radius 2 is 2.00 bits per heavy atom. The highest BCUT2D eigenvalue weighted by Crippen LogP contribution is 2.03. The highest BCUT2D eigenvalue weighted by molar-refractivity contribution is 5.93. The normalized spacial score (nSPS) is 10.3. The molecule has 0 heterocycles. The van der Waals surface area contributed by atoms with E-state index in [1.54, 1.807) is 0 Å². The molecule has 0 amide bonds. The second-order valence-electron chi connectivity index (χ2n) is 2.59. The van der Waals surface area contributed by atoms with Crippen LogP contribution in [0.3, 0.4) is 0 Å². The summed E-state index contributed by atoms with van der Waals surface area (Å²) in [6.45, 7) is -0.328. The second kappa shape index (κ2) is 6.67.